The standard InChI is InChI=1S/C19H22BO2S3/c1-18(2,21-5)19(3,4)22-20-17-11-10-16(25-17)15-9-8-14(24-15)13-7-6-12-23-13/h6-12H,1-5H3. The van der Waals surface area contributed by atoms with E-state index < -0.39 is 5.60 Å². The van der Waals surface area contributed by atoms with Gasteiger partial charge < -0.3 is 9.39 Å². The van der Waals surface area contributed by atoms with E-state index in [0.29, 0.717) is 0 Å². The molecule has 0 aliphatic rings. The first-order valence-corrected chi connectivity index (χ1v) is 10.6. The molecule has 131 valence electrons. The van der Waals surface area contributed by atoms with E-state index in [1.165, 1.54) is 19.5 Å². The van der Waals surface area contributed by atoms with Crippen molar-refractivity contribution in [2.75, 3.05) is 7.11 Å². The van der Waals surface area contributed by atoms with Crippen molar-refractivity contribution >= 4 is 46.3 Å². The molecule has 3 heterocycles. The Morgan fingerprint density at radius 1 is 0.800 bits per heavy atom. The highest BCUT2D eigenvalue weighted by Gasteiger charge is 2.38. The molecule has 2 nitrogen and oxygen atoms in total. The number of methoxy groups -OCH3 is 1. The number of hydrogen-bond acceptors (Lipinski definition) is 5. The van der Waals surface area contributed by atoms with Crippen molar-refractivity contribution in [2.24, 2.45) is 0 Å². The van der Waals surface area contributed by atoms with Gasteiger partial charge in [-0.1, -0.05) is 12.1 Å². The van der Waals surface area contributed by atoms with Crippen molar-refractivity contribution < 1.29 is 9.39 Å². The Balaban J connectivity index is 1.69. The molecule has 0 aliphatic carbocycles. The van der Waals surface area contributed by atoms with Crippen LogP contribution in [0.15, 0.2) is 41.8 Å². The molecule has 0 aromatic carbocycles. The van der Waals surface area contributed by atoms with Crippen LogP contribution in [0.3, 0.4) is 0 Å². The van der Waals surface area contributed by atoms with E-state index >= 15 is 0 Å². The second kappa shape index (κ2) is 7.37. The summed E-state index contributed by atoms with van der Waals surface area (Å²) in [5.41, 5.74) is -0.784. The van der Waals surface area contributed by atoms with Gasteiger partial charge in [-0.2, -0.15) is 0 Å². The van der Waals surface area contributed by atoms with Crippen LogP contribution in [0.2, 0.25) is 0 Å². The van der Waals surface area contributed by atoms with E-state index in [9.17, 15) is 0 Å². The molecule has 3 aromatic rings. The van der Waals surface area contributed by atoms with E-state index in [-0.39, 0.29) is 5.60 Å². The van der Waals surface area contributed by atoms with Gasteiger partial charge in [0, 0.05) is 31.4 Å². The average Bonchev–Trinajstić information content (AvgIpc) is 3.32. The van der Waals surface area contributed by atoms with Crippen molar-refractivity contribution in [3.05, 3.63) is 41.8 Å². The van der Waals surface area contributed by atoms with Crippen molar-refractivity contribution in [1.82, 2.24) is 0 Å². The molecular formula is C19H22BO2S3. The summed E-state index contributed by atoms with van der Waals surface area (Å²) in [6.45, 7) is 8.18. The summed E-state index contributed by atoms with van der Waals surface area (Å²) < 4.78 is 12.7. The van der Waals surface area contributed by atoms with Crippen LogP contribution in [0.1, 0.15) is 27.7 Å². The lowest BCUT2D eigenvalue weighted by Crippen LogP contribution is -2.50. The van der Waals surface area contributed by atoms with E-state index in [1.54, 1.807) is 29.8 Å². The minimum Gasteiger partial charge on any atom is -0.426 e. The SMILES string of the molecule is COC(C)(C)C(C)(C)O[B]c1ccc(-c2ccc(-c3cccs3)s2)s1. The first-order valence-electron chi connectivity index (χ1n) is 8.12. The molecule has 25 heavy (non-hydrogen) atoms. The topological polar surface area (TPSA) is 18.5 Å². The molecule has 0 amide bonds. The summed E-state index contributed by atoms with van der Waals surface area (Å²) in [4.78, 5) is 5.21. The number of ether oxygens (including phenoxy) is 1. The molecule has 3 aromatic heterocycles. The van der Waals surface area contributed by atoms with Crippen LogP contribution in [-0.4, -0.2) is 25.8 Å². The fourth-order valence-electron chi connectivity index (χ4n) is 2.16. The molecule has 0 unspecified atom stereocenters. The molecule has 0 aliphatic heterocycles. The van der Waals surface area contributed by atoms with Crippen molar-refractivity contribution in [3.8, 4) is 19.5 Å². The van der Waals surface area contributed by atoms with Crippen molar-refractivity contribution in [3.63, 3.8) is 0 Å². The molecule has 6 heteroatoms. The van der Waals surface area contributed by atoms with Gasteiger partial charge in [-0.3, -0.25) is 0 Å². The zero-order chi connectivity index (χ0) is 18.1. The monoisotopic (exact) mass is 389 g/mol. The highest BCUT2D eigenvalue weighted by Crippen LogP contribution is 2.37. The van der Waals surface area contributed by atoms with E-state index in [4.69, 9.17) is 9.39 Å². The molecule has 0 fully saturated rings. The number of rotatable bonds is 7. The molecule has 0 N–H and O–H groups in total. The predicted octanol–water partition coefficient (Wildman–Crippen LogP) is 5.67. The highest BCUT2D eigenvalue weighted by atomic mass is 32.1. The Hall–Kier alpha value is -0.915. The third kappa shape index (κ3) is 4.09. The second-order valence-electron chi connectivity index (χ2n) is 6.80. The third-order valence-electron chi connectivity index (χ3n) is 4.67. The van der Waals surface area contributed by atoms with Gasteiger partial charge in [-0.25, -0.2) is 0 Å². The quantitative estimate of drug-likeness (QED) is 0.485. The minimum atomic E-state index is -0.416. The lowest BCUT2D eigenvalue weighted by atomic mass is 9.86. The third-order valence-corrected chi connectivity index (χ3v) is 8.03. The maximum absolute atomic E-state index is 6.05. The first kappa shape index (κ1) is 18.9. The number of thiophene rings is 3. The highest BCUT2D eigenvalue weighted by molar-refractivity contribution is 7.29. The van der Waals surface area contributed by atoms with Gasteiger partial charge >= 0.3 is 7.48 Å². The lowest BCUT2D eigenvalue weighted by Gasteiger charge is -2.40. The zero-order valence-corrected chi connectivity index (χ0v) is 17.6. The molecule has 0 saturated carbocycles. The Labute approximate surface area is 162 Å². The second-order valence-corrected chi connectivity index (χ2v) is 9.95. The first-order chi connectivity index (χ1) is 11.8. The van der Waals surface area contributed by atoms with Crippen LogP contribution in [0.4, 0.5) is 0 Å². The van der Waals surface area contributed by atoms with E-state index in [2.05, 4.69) is 41.8 Å². The molecule has 0 atom stereocenters. The van der Waals surface area contributed by atoms with Gasteiger partial charge in [0.1, 0.15) is 0 Å². The summed E-state index contributed by atoms with van der Waals surface area (Å²) in [6, 6.07) is 12.9. The fraction of sp³-hybridized carbons (Fsp3) is 0.368. The minimum absolute atomic E-state index is 0.368. The van der Waals surface area contributed by atoms with Gasteiger partial charge in [0.2, 0.25) is 0 Å². The predicted molar refractivity (Wildman–Crippen MR) is 113 cm³/mol. The van der Waals surface area contributed by atoms with Crippen LogP contribution >= 0.6 is 34.0 Å². The van der Waals surface area contributed by atoms with Gasteiger partial charge in [0.25, 0.3) is 0 Å². The molecule has 0 bridgehead atoms. The summed E-state index contributed by atoms with van der Waals surface area (Å²) in [5.74, 6) is 0. The van der Waals surface area contributed by atoms with Gasteiger partial charge in [0.05, 0.1) is 11.2 Å². The van der Waals surface area contributed by atoms with Crippen LogP contribution in [0, 0.1) is 0 Å². The molecule has 3 rings (SSSR count). The average molecular weight is 389 g/mol. The normalized spacial score (nSPS) is 12.5. The van der Waals surface area contributed by atoms with Crippen LogP contribution < -0.4 is 4.78 Å². The van der Waals surface area contributed by atoms with E-state index in [0.717, 1.165) is 4.78 Å². The van der Waals surface area contributed by atoms with E-state index in [1.807, 2.05) is 46.5 Å². The summed E-state index contributed by atoms with van der Waals surface area (Å²) in [7, 11) is 3.57. The molecular weight excluding hydrogens is 367 g/mol. The molecule has 0 spiro atoms. The van der Waals surface area contributed by atoms with Gasteiger partial charge in [0.15, 0.2) is 0 Å². The zero-order valence-electron chi connectivity index (χ0n) is 15.2. The fourth-order valence-corrected chi connectivity index (χ4v) is 4.96. The Kier molecular flexibility index (Phi) is 5.56. The molecule has 0 saturated heterocycles. The largest absolute Gasteiger partial charge is 0.426 e. The van der Waals surface area contributed by atoms with Crippen LogP contribution in [0.5, 0.6) is 0 Å². The Morgan fingerprint density at radius 2 is 1.44 bits per heavy atom. The summed E-state index contributed by atoms with van der Waals surface area (Å²) in [6.07, 6.45) is 0. The van der Waals surface area contributed by atoms with Crippen LogP contribution in [-0.2, 0) is 9.39 Å². The summed E-state index contributed by atoms with van der Waals surface area (Å²) >= 11 is 5.36. The summed E-state index contributed by atoms with van der Waals surface area (Å²) in [5, 5.41) is 2.12. The maximum atomic E-state index is 6.05. The van der Waals surface area contributed by atoms with Gasteiger partial charge in [-0.05, 0) is 57.3 Å². The molecule has 1 radical (unpaired) electrons. The lowest BCUT2D eigenvalue weighted by molar-refractivity contribution is -0.114. The smallest absolute Gasteiger partial charge is 0.341 e. The van der Waals surface area contributed by atoms with Crippen molar-refractivity contribution in [2.45, 2.75) is 38.9 Å². The number of hydrogen-bond donors (Lipinski definition) is 0. The maximum Gasteiger partial charge on any atom is 0.341 e. The Morgan fingerprint density at radius 3 is 2.08 bits per heavy atom. The van der Waals surface area contributed by atoms with Gasteiger partial charge in [-0.15, -0.1) is 34.0 Å². The Bertz CT molecular complexity index is 815. The van der Waals surface area contributed by atoms with Crippen molar-refractivity contribution in [1.29, 1.82) is 0 Å². The van der Waals surface area contributed by atoms with Crippen LogP contribution in [0.25, 0.3) is 19.5 Å².